The first kappa shape index (κ1) is 21.7. The third-order valence-electron chi connectivity index (χ3n) is 4.87. The molecule has 11 heteroatoms. The van der Waals surface area contributed by atoms with Crippen LogP contribution in [0.15, 0.2) is 24.7 Å². The number of hydrazine groups is 1. The summed E-state index contributed by atoms with van der Waals surface area (Å²) in [6, 6.07) is 2.61. The second-order valence-corrected chi connectivity index (χ2v) is 9.55. The number of hydrogen-bond donors (Lipinski definition) is 3. The molecule has 8 nitrogen and oxygen atoms in total. The molecule has 1 aromatic carbocycles. The monoisotopic (exact) mass is 443 g/mol. The SMILES string of the molecule is Cn1cnc(-c2cc(Cl)c(F)c(C(=O)NNS(=O)(=O)C[C@@H]3CCC[C@@H](N)C3)c2)c1. The number of carbonyl (C=O) groups excluding carboxylic acids is 1. The Bertz CT molecular complexity index is 1010. The van der Waals surface area contributed by atoms with E-state index in [0.29, 0.717) is 17.7 Å². The van der Waals surface area contributed by atoms with Gasteiger partial charge in [0.05, 0.1) is 28.4 Å². The average Bonchev–Trinajstić information content (AvgIpc) is 3.08. The van der Waals surface area contributed by atoms with Gasteiger partial charge in [-0.05, 0) is 37.3 Å². The van der Waals surface area contributed by atoms with E-state index in [1.165, 1.54) is 12.1 Å². The Labute approximate surface area is 173 Å². The third kappa shape index (κ3) is 5.53. The van der Waals surface area contributed by atoms with Gasteiger partial charge in [-0.1, -0.05) is 18.0 Å². The predicted octanol–water partition coefficient (Wildman–Crippen LogP) is 1.96. The van der Waals surface area contributed by atoms with Crippen LogP contribution in [0.2, 0.25) is 5.02 Å². The normalized spacial score (nSPS) is 19.9. The number of nitrogens with zero attached hydrogens (tertiary/aromatic N) is 2. The highest BCUT2D eigenvalue weighted by atomic mass is 35.5. The van der Waals surface area contributed by atoms with E-state index in [4.69, 9.17) is 17.3 Å². The lowest BCUT2D eigenvalue weighted by atomic mass is 9.87. The number of hydrogen-bond acceptors (Lipinski definition) is 5. The van der Waals surface area contributed by atoms with E-state index in [-0.39, 0.29) is 28.3 Å². The van der Waals surface area contributed by atoms with Crippen molar-refractivity contribution >= 4 is 27.5 Å². The summed E-state index contributed by atoms with van der Waals surface area (Å²) in [6.07, 6.45) is 6.37. The number of sulfonamides is 1. The zero-order valence-electron chi connectivity index (χ0n) is 15.9. The Kier molecular flexibility index (Phi) is 6.57. The molecule has 1 amide bonds. The van der Waals surface area contributed by atoms with E-state index < -0.39 is 21.7 Å². The smallest absolute Gasteiger partial charge is 0.269 e. The van der Waals surface area contributed by atoms with E-state index in [1.54, 1.807) is 24.1 Å². The van der Waals surface area contributed by atoms with Gasteiger partial charge in [-0.3, -0.25) is 10.2 Å². The fraction of sp³-hybridized carbons (Fsp3) is 0.444. The maximum atomic E-state index is 14.4. The molecule has 0 unspecified atom stereocenters. The Morgan fingerprint density at radius 3 is 2.83 bits per heavy atom. The van der Waals surface area contributed by atoms with Crippen LogP contribution in [0.1, 0.15) is 36.0 Å². The number of imidazole rings is 1. The highest BCUT2D eigenvalue weighted by Gasteiger charge is 2.26. The van der Waals surface area contributed by atoms with E-state index in [9.17, 15) is 17.6 Å². The van der Waals surface area contributed by atoms with Crippen LogP contribution in [0.5, 0.6) is 0 Å². The summed E-state index contributed by atoms with van der Waals surface area (Å²) < 4.78 is 40.6. The highest BCUT2D eigenvalue weighted by molar-refractivity contribution is 7.89. The van der Waals surface area contributed by atoms with Gasteiger partial charge in [0.15, 0.2) is 5.82 Å². The van der Waals surface area contributed by atoms with Crippen LogP contribution in [0.3, 0.4) is 0 Å². The molecule has 1 aliphatic carbocycles. The lowest BCUT2D eigenvalue weighted by molar-refractivity contribution is 0.0941. The molecule has 3 rings (SSSR count). The second-order valence-electron chi connectivity index (χ2n) is 7.37. The quantitative estimate of drug-likeness (QED) is 0.589. The van der Waals surface area contributed by atoms with E-state index in [0.717, 1.165) is 19.3 Å². The van der Waals surface area contributed by atoms with E-state index in [2.05, 4.69) is 10.4 Å². The first-order valence-corrected chi connectivity index (χ1v) is 11.2. The topological polar surface area (TPSA) is 119 Å². The molecule has 2 atom stereocenters. The molecule has 1 saturated carbocycles. The van der Waals surface area contributed by atoms with Crippen molar-refractivity contribution in [3.05, 3.63) is 41.1 Å². The molecular formula is C18H23ClFN5O3S. The van der Waals surface area contributed by atoms with Gasteiger partial charge in [0.2, 0.25) is 10.0 Å². The summed E-state index contributed by atoms with van der Waals surface area (Å²) in [5.41, 5.74) is 8.49. The lowest BCUT2D eigenvalue weighted by Gasteiger charge is -2.26. The molecule has 1 fully saturated rings. The molecule has 0 spiro atoms. The van der Waals surface area contributed by atoms with Crippen LogP contribution in [0.4, 0.5) is 4.39 Å². The Balaban J connectivity index is 1.70. The summed E-state index contributed by atoms with van der Waals surface area (Å²) in [7, 11) is -2.03. The minimum absolute atomic E-state index is 0.0101. The van der Waals surface area contributed by atoms with Crippen molar-refractivity contribution in [1.82, 2.24) is 19.8 Å². The zero-order chi connectivity index (χ0) is 21.2. The summed E-state index contributed by atoms with van der Waals surface area (Å²) in [5.74, 6) is -2.13. The lowest BCUT2D eigenvalue weighted by Crippen LogP contribution is -2.44. The van der Waals surface area contributed by atoms with Crippen LogP contribution < -0.4 is 16.0 Å². The van der Waals surface area contributed by atoms with Crippen LogP contribution in [0, 0.1) is 11.7 Å². The van der Waals surface area contributed by atoms with E-state index in [1.807, 2.05) is 4.83 Å². The first-order chi connectivity index (χ1) is 13.6. The molecule has 158 valence electrons. The number of halogens is 2. The summed E-state index contributed by atoms with van der Waals surface area (Å²) in [5, 5.41) is -0.266. The average molecular weight is 444 g/mol. The van der Waals surface area contributed by atoms with Crippen LogP contribution >= 0.6 is 11.6 Å². The van der Waals surface area contributed by atoms with Crippen LogP contribution in [0.25, 0.3) is 11.3 Å². The number of aromatic nitrogens is 2. The number of benzene rings is 1. The highest BCUT2D eigenvalue weighted by Crippen LogP contribution is 2.27. The standard InChI is InChI=1S/C18H23ClFN5O3S/c1-25-8-16(22-10-25)12-6-14(17(20)15(19)7-12)18(26)23-24-29(27,28)9-11-3-2-4-13(21)5-11/h6-8,10-11,13,24H,2-5,9,21H2,1H3,(H,23,26)/t11-,13-/m1/s1. The Morgan fingerprint density at radius 2 is 2.17 bits per heavy atom. The van der Waals surface area contributed by atoms with Crippen molar-refractivity contribution in [2.24, 2.45) is 18.7 Å². The molecule has 0 aliphatic heterocycles. The molecule has 4 N–H and O–H groups in total. The minimum Gasteiger partial charge on any atom is -0.340 e. The van der Waals surface area contributed by atoms with Crippen molar-refractivity contribution in [3.8, 4) is 11.3 Å². The summed E-state index contributed by atoms with van der Waals surface area (Å²) in [4.78, 5) is 18.6. The number of carbonyl (C=O) groups is 1. The molecule has 1 heterocycles. The first-order valence-electron chi connectivity index (χ1n) is 9.17. The molecule has 2 aromatic rings. The fourth-order valence-corrected chi connectivity index (χ4v) is 4.97. The van der Waals surface area contributed by atoms with Crippen LogP contribution in [-0.2, 0) is 17.1 Å². The summed E-state index contributed by atoms with van der Waals surface area (Å²) in [6.45, 7) is 0. The molecule has 0 radical (unpaired) electrons. The molecule has 0 bridgehead atoms. The molecular weight excluding hydrogens is 421 g/mol. The van der Waals surface area contributed by atoms with Crippen molar-refractivity contribution < 1.29 is 17.6 Å². The van der Waals surface area contributed by atoms with Gasteiger partial charge in [-0.15, -0.1) is 4.83 Å². The fourth-order valence-electron chi connectivity index (χ4n) is 3.49. The Hall–Kier alpha value is -2.01. The van der Waals surface area contributed by atoms with Crippen molar-refractivity contribution in [2.75, 3.05) is 5.75 Å². The Morgan fingerprint density at radius 1 is 1.41 bits per heavy atom. The van der Waals surface area contributed by atoms with Crippen molar-refractivity contribution in [1.29, 1.82) is 0 Å². The van der Waals surface area contributed by atoms with Gasteiger partial charge in [-0.2, -0.15) is 0 Å². The van der Waals surface area contributed by atoms with E-state index >= 15 is 0 Å². The summed E-state index contributed by atoms with van der Waals surface area (Å²) >= 11 is 5.91. The third-order valence-corrected chi connectivity index (χ3v) is 6.47. The second kappa shape index (κ2) is 8.78. The number of aryl methyl sites for hydroxylation is 1. The number of nitrogens with one attached hydrogen (secondary N) is 2. The number of amides is 1. The molecule has 29 heavy (non-hydrogen) atoms. The van der Waals surface area contributed by atoms with Gasteiger partial charge >= 0.3 is 0 Å². The molecule has 1 aromatic heterocycles. The predicted molar refractivity (Wildman–Crippen MR) is 108 cm³/mol. The largest absolute Gasteiger partial charge is 0.340 e. The van der Waals surface area contributed by atoms with Gasteiger partial charge in [0.25, 0.3) is 5.91 Å². The number of nitrogens with two attached hydrogens (primary N) is 1. The van der Waals surface area contributed by atoms with Gasteiger partial charge in [-0.25, -0.2) is 17.8 Å². The van der Waals surface area contributed by atoms with Crippen LogP contribution in [-0.4, -0.2) is 35.7 Å². The van der Waals surface area contributed by atoms with Crippen molar-refractivity contribution in [2.45, 2.75) is 31.7 Å². The minimum atomic E-state index is -3.80. The zero-order valence-corrected chi connectivity index (χ0v) is 17.4. The maximum absolute atomic E-state index is 14.4. The number of rotatable bonds is 6. The van der Waals surface area contributed by atoms with Gasteiger partial charge in [0.1, 0.15) is 0 Å². The van der Waals surface area contributed by atoms with Gasteiger partial charge in [0, 0.05) is 24.8 Å². The maximum Gasteiger partial charge on any atom is 0.269 e. The van der Waals surface area contributed by atoms with Crippen molar-refractivity contribution in [3.63, 3.8) is 0 Å². The molecule has 1 aliphatic rings. The molecule has 0 saturated heterocycles. The van der Waals surface area contributed by atoms with Gasteiger partial charge < -0.3 is 10.3 Å².